The van der Waals surface area contributed by atoms with Crippen LogP contribution in [0.3, 0.4) is 0 Å². The summed E-state index contributed by atoms with van der Waals surface area (Å²) in [5.41, 5.74) is 5.09. The van der Waals surface area contributed by atoms with Crippen molar-refractivity contribution in [1.29, 1.82) is 0 Å². The van der Waals surface area contributed by atoms with Crippen LogP contribution in [0.25, 0.3) is 0 Å². The van der Waals surface area contributed by atoms with Gasteiger partial charge in [-0.05, 0) is 44.0 Å². The van der Waals surface area contributed by atoms with E-state index in [0.717, 1.165) is 39.7 Å². The number of nitrogens with zero attached hydrogens (tertiary/aromatic N) is 2. The van der Waals surface area contributed by atoms with Crippen molar-refractivity contribution in [2.24, 2.45) is 0 Å². The topological polar surface area (TPSA) is 68.3 Å². The summed E-state index contributed by atoms with van der Waals surface area (Å²) >= 11 is 0. The Morgan fingerprint density at radius 1 is 0.846 bits per heavy atom. The van der Waals surface area contributed by atoms with Crippen molar-refractivity contribution >= 4 is 23.1 Å². The number of fused-ring (bicyclic) bond motifs is 1. The van der Waals surface area contributed by atoms with Crippen LogP contribution < -0.4 is 20.1 Å². The average Bonchev–Trinajstić information content (AvgIpc) is 3.05. The Labute approximate surface area is 152 Å². The van der Waals surface area contributed by atoms with Crippen molar-refractivity contribution in [2.75, 3.05) is 17.4 Å². The molecule has 3 aromatic rings. The van der Waals surface area contributed by atoms with Crippen LogP contribution in [0.5, 0.6) is 11.5 Å². The second kappa shape index (κ2) is 6.55. The van der Waals surface area contributed by atoms with E-state index in [4.69, 9.17) is 9.47 Å². The first-order valence-corrected chi connectivity index (χ1v) is 8.44. The van der Waals surface area contributed by atoms with E-state index in [2.05, 4.69) is 46.6 Å². The van der Waals surface area contributed by atoms with E-state index in [1.54, 1.807) is 0 Å². The van der Waals surface area contributed by atoms with E-state index in [1.807, 2.05) is 37.3 Å². The third-order valence-electron chi connectivity index (χ3n) is 4.22. The zero-order valence-electron chi connectivity index (χ0n) is 15.0. The number of hydrogen-bond acceptors (Lipinski definition) is 6. The minimum Gasteiger partial charge on any atom is -0.454 e. The van der Waals surface area contributed by atoms with Crippen molar-refractivity contribution < 1.29 is 9.47 Å². The van der Waals surface area contributed by atoms with E-state index in [9.17, 15) is 0 Å². The molecule has 0 saturated carbocycles. The molecule has 4 rings (SSSR count). The molecule has 0 unspecified atom stereocenters. The summed E-state index contributed by atoms with van der Waals surface area (Å²) in [5, 5.41) is 6.65. The largest absolute Gasteiger partial charge is 0.454 e. The van der Waals surface area contributed by atoms with Crippen LogP contribution in [0.2, 0.25) is 0 Å². The van der Waals surface area contributed by atoms with Gasteiger partial charge in [-0.25, -0.2) is 4.98 Å². The number of aryl methyl sites for hydroxylation is 3. The highest BCUT2D eigenvalue weighted by Crippen LogP contribution is 2.35. The molecule has 6 heteroatoms. The van der Waals surface area contributed by atoms with Crippen LogP contribution in [-0.2, 0) is 0 Å². The lowest BCUT2D eigenvalue weighted by atomic mass is 10.1. The van der Waals surface area contributed by atoms with Gasteiger partial charge in [0.2, 0.25) is 12.7 Å². The molecule has 2 N–H and O–H groups in total. The molecule has 26 heavy (non-hydrogen) atoms. The zero-order chi connectivity index (χ0) is 18.1. The van der Waals surface area contributed by atoms with Crippen molar-refractivity contribution in [1.82, 2.24) is 9.97 Å². The van der Waals surface area contributed by atoms with E-state index in [1.165, 1.54) is 0 Å². The SMILES string of the molecule is Cc1cc(Nc2ccc3c(c2)OCO3)nc(Nc2c(C)cccc2C)n1. The summed E-state index contributed by atoms with van der Waals surface area (Å²) in [6, 6.07) is 13.8. The highest BCUT2D eigenvalue weighted by atomic mass is 16.7. The number of rotatable bonds is 4. The Hall–Kier alpha value is -3.28. The van der Waals surface area contributed by atoms with Gasteiger partial charge < -0.3 is 20.1 Å². The number of aromatic nitrogens is 2. The number of nitrogens with one attached hydrogen (secondary N) is 2. The summed E-state index contributed by atoms with van der Waals surface area (Å²) < 4.78 is 10.8. The average molecular weight is 348 g/mol. The number of ether oxygens (including phenoxy) is 2. The van der Waals surface area contributed by atoms with Crippen LogP contribution in [-0.4, -0.2) is 16.8 Å². The van der Waals surface area contributed by atoms with Gasteiger partial charge in [0.05, 0.1) is 0 Å². The lowest BCUT2D eigenvalue weighted by Crippen LogP contribution is -2.04. The Morgan fingerprint density at radius 3 is 2.42 bits per heavy atom. The number of hydrogen-bond donors (Lipinski definition) is 2. The van der Waals surface area contributed by atoms with Gasteiger partial charge in [0.15, 0.2) is 11.5 Å². The molecule has 0 aliphatic carbocycles. The van der Waals surface area contributed by atoms with Gasteiger partial charge in [0.25, 0.3) is 0 Å². The highest BCUT2D eigenvalue weighted by molar-refractivity contribution is 5.66. The molecule has 2 heterocycles. The van der Waals surface area contributed by atoms with E-state index in [-0.39, 0.29) is 6.79 Å². The Kier molecular flexibility index (Phi) is 4.08. The van der Waals surface area contributed by atoms with Gasteiger partial charge in [-0.1, -0.05) is 18.2 Å². The number of para-hydroxylation sites is 1. The fourth-order valence-electron chi connectivity index (χ4n) is 2.93. The van der Waals surface area contributed by atoms with E-state index >= 15 is 0 Å². The van der Waals surface area contributed by atoms with Crippen LogP contribution in [0.15, 0.2) is 42.5 Å². The summed E-state index contributed by atoms with van der Waals surface area (Å²) in [4.78, 5) is 9.10. The highest BCUT2D eigenvalue weighted by Gasteiger charge is 2.14. The third-order valence-corrected chi connectivity index (χ3v) is 4.22. The predicted molar refractivity (Wildman–Crippen MR) is 102 cm³/mol. The first kappa shape index (κ1) is 16.2. The van der Waals surface area contributed by atoms with E-state index in [0.29, 0.717) is 11.8 Å². The first-order chi connectivity index (χ1) is 12.6. The maximum atomic E-state index is 5.42. The number of benzene rings is 2. The van der Waals surface area contributed by atoms with Crippen LogP contribution in [0, 0.1) is 20.8 Å². The monoisotopic (exact) mass is 348 g/mol. The van der Waals surface area contributed by atoms with Crippen molar-refractivity contribution in [3.05, 3.63) is 59.3 Å². The fraction of sp³-hybridized carbons (Fsp3) is 0.200. The molecule has 2 aromatic carbocycles. The molecule has 132 valence electrons. The molecule has 0 saturated heterocycles. The maximum Gasteiger partial charge on any atom is 0.231 e. The van der Waals surface area contributed by atoms with Crippen LogP contribution >= 0.6 is 0 Å². The second-order valence-electron chi connectivity index (χ2n) is 6.30. The summed E-state index contributed by atoms with van der Waals surface area (Å²) in [6.07, 6.45) is 0. The molecule has 0 amide bonds. The standard InChI is InChI=1S/C20H20N4O2/c1-12-5-4-6-13(2)19(12)24-20-21-14(3)9-18(23-20)22-15-7-8-16-17(10-15)26-11-25-16/h4-10H,11H2,1-3H3,(H2,21,22,23,24). The van der Waals surface area contributed by atoms with Crippen LogP contribution in [0.4, 0.5) is 23.1 Å². The second-order valence-corrected chi connectivity index (χ2v) is 6.30. The van der Waals surface area contributed by atoms with Gasteiger partial charge in [0.1, 0.15) is 5.82 Å². The number of anilines is 4. The summed E-state index contributed by atoms with van der Waals surface area (Å²) in [6.45, 7) is 6.34. The van der Waals surface area contributed by atoms with E-state index < -0.39 is 0 Å². The van der Waals surface area contributed by atoms with Gasteiger partial charge in [0, 0.05) is 29.2 Å². The molecule has 6 nitrogen and oxygen atoms in total. The molecule has 0 atom stereocenters. The fourth-order valence-corrected chi connectivity index (χ4v) is 2.93. The van der Waals surface area contributed by atoms with Gasteiger partial charge in [-0.3, -0.25) is 0 Å². The van der Waals surface area contributed by atoms with Gasteiger partial charge in [-0.2, -0.15) is 4.98 Å². The lowest BCUT2D eigenvalue weighted by molar-refractivity contribution is 0.174. The molecule has 1 aromatic heterocycles. The minimum atomic E-state index is 0.259. The molecule has 1 aliphatic heterocycles. The normalized spacial score (nSPS) is 12.1. The van der Waals surface area contributed by atoms with Crippen molar-refractivity contribution in [3.8, 4) is 11.5 Å². The maximum absolute atomic E-state index is 5.42. The predicted octanol–water partition coefficient (Wildman–Crippen LogP) is 4.62. The third kappa shape index (κ3) is 3.26. The van der Waals surface area contributed by atoms with Crippen molar-refractivity contribution in [3.63, 3.8) is 0 Å². The molecule has 0 radical (unpaired) electrons. The lowest BCUT2D eigenvalue weighted by Gasteiger charge is -2.13. The molecule has 0 bridgehead atoms. The Morgan fingerprint density at radius 2 is 1.62 bits per heavy atom. The molecule has 0 fully saturated rings. The molecular formula is C20H20N4O2. The summed E-state index contributed by atoms with van der Waals surface area (Å²) in [5.74, 6) is 2.76. The quantitative estimate of drug-likeness (QED) is 0.717. The molecular weight excluding hydrogens is 328 g/mol. The van der Waals surface area contributed by atoms with Gasteiger partial charge >= 0.3 is 0 Å². The smallest absolute Gasteiger partial charge is 0.231 e. The van der Waals surface area contributed by atoms with Crippen LogP contribution in [0.1, 0.15) is 16.8 Å². The molecule has 1 aliphatic rings. The summed E-state index contributed by atoms with van der Waals surface area (Å²) in [7, 11) is 0. The first-order valence-electron chi connectivity index (χ1n) is 8.44. The van der Waals surface area contributed by atoms with Gasteiger partial charge in [-0.15, -0.1) is 0 Å². The Balaban J connectivity index is 1.60. The van der Waals surface area contributed by atoms with Crippen molar-refractivity contribution in [2.45, 2.75) is 20.8 Å². The molecule has 0 spiro atoms. The Bertz CT molecular complexity index is 952. The minimum absolute atomic E-state index is 0.259. The zero-order valence-corrected chi connectivity index (χ0v) is 15.0.